The minimum Gasteiger partial charge on any atom is -0.494 e. The fourth-order valence-corrected chi connectivity index (χ4v) is 6.70. The van der Waals surface area contributed by atoms with Crippen molar-refractivity contribution < 1.29 is 27.1 Å². The van der Waals surface area contributed by atoms with Gasteiger partial charge in [-0.25, -0.2) is 12.8 Å². The lowest BCUT2D eigenvalue weighted by molar-refractivity contribution is -0.140. The summed E-state index contributed by atoms with van der Waals surface area (Å²) < 4.78 is 48.7. The highest BCUT2D eigenvalue weighted by molar-refractivity contribution is 7.92. The average molecular weight is 715 g/mol. The van der Waals surface area contributed by atoms with Crippen molar-refractivity contribution in [3.63, 3.8) is 0 Å². The lowest BCUT2D eigenvalue weighted by Gasteiger charge is -2.34. The summed E-state index contributed by atoms with van der Waals surface area (Å²) in [5.74, 6) is -1.16. The first-order valence-electron chi connectivity index (χ1n) is 15.5. The summed E-state index contributed by atoms with van der Waals surface area (Å²) in [7, 11) is -4.37. The van der Waals surface area contributed by atoms with Crippen LogP contribution in [0, 0.1) is 5.82 Å². The van der Waals surface area contributed by atoms with Crippen LogP contribution >= 0.6 is 23.2 Å². The summed E-state index contributed by atoms with van der Waals surface area (Å²) in [6, 6.07) is 23.5. The molecular formula is C36H38Cl2FN3O5S. The van der Waals surface area contributed by atoms with Gasteiger partial charge < -0.3 is 15.0 Å². The number of halogens is 3. The van der Waals surface area contributed by atoms with Crippen molar-refractivity contribution in [2.75, 3.05) is 17.5 Å². The molecule has 12 heteroatoms. The Kier molecular flexibility index (Phi) is 12.9. The maximum atomic E-state index is 14.5. The predicted octanol–water partition coefficient (Wildman–Crippen LogP) is 7.28. The minimum atomic E-state index is -4.37. The van der Waals surface area contributed by atoms with Gasteiger partial charge in [-0.3, -0.25) is 13.9 Å². The summed E-state index contributed by atoms with van der Waals surface area (Å²) in [4.78, 5) is 29.7. The molecule has 0 aliphatic heterocycles. The number of ether oxygens (including phenoxy) is 1. The fourth-order valence-electron chi connectivity index (χ4n) is 4.97. The SMILES string of the molecule is CCOc1ccc(S(=O)(=O)N(CC(=O)N(Cc2ccc(Cl)c(Cl)c2)[C@@H](Cc2ccccc2)C(=O)N[C@@H](C)CC)c2ccc(F)cc2)cc1. The summed E-state index contributed by atoms with van der Waals surface area (Å²) in [6.45, 7) is 5.23. The number of sulfonamides is 1. The molecule has 4 aromatic rings. The highest BCUT2D eigenvalue weighted by Gasteiger charge is 2.35. The quantitative estimate of drug-likeness (QED) is 0.140. The Hall–Kier alpha value is -4.12. The molecule has 1 N–H and O–H groups in total. The first-order valence-corrected chi connectivity index (χ1v) is 17.7. The number of amides is 2. The second kappa shape index (κ2) is 16.8. The Balaban J connectivity index is 1.81. The molecule has 2 amide bonds. The smallest absolute Gasteiger partial charge is 0.264 e. The van der Waals surface area contributed by atoms with Crippen molar-refractivity contribution in [2.24, 2.45) is 0 Å². The van der Waals surface area contributed by atoms with Crippen LogP contribution in [0.2, 0.25) is 10.0 Å². The predicted molar refractivity (Wildman–Crippen MR) is 187 cm³/mol. The van der Waals surface area contributed by atoms with Crippen molar-refractivity contribution in [1.82, 2.24) is 10.2 Å². The Morgan fingerprint density at radius 2 is 1.54 bits per heavy atom. The van der Waals surface area contributed by atoms with E-state index in [9.17, 15) is 22.4 Å². The zero-order chi connectivity index (χ0) is 34.8. The average Bonchev–Trinajstić information content (AvgIpc) is 3.08. The van der Waals surface area contributed by atoms with Gasteiger partial charge in [0, 0.05) is 19.0 Å². The molecule has 0 radical (unpaired) electrons. The standard InChI is InChI=1S/C36H38Cl2FN3O5S/c1-4-25(3)40-36(44)34(22-26-9-7-6-8-10-26)41(23-27-11-20-32(37)33(38)21-27)35(43)24-42(29-14-12-28(39)13-15-29)48(45,46)31-18-16-30(17-19-31)47-5-2/h6-21,25,34H,4-5,22-24H2,1-3H3,(H,40,44)/t25-,34-/m0/s1. The van der Waals surface area contributed by atoms with Gasteiger partial charge >= 0.3 is 0 Å². The first-order chi connectivity index (χ1) is 22.9. The molecule has 0 unspecified atom stereocenters. The number of nitrogens with zero attached hydrogens (tertiary/aromatic N) is 2. The van der Waals surface area contributed by atoms with E-state index < -0.39 is 40.2 Å². The molecular weight excluding hydrogens is 676 g/mol. The number of carbonyl (C=O) groups excluding carboxylic acids is 2. The Labute approximate surface area is 291 Å². The molecule has 4 aromatic carbocycles. The zero-order valence-corrected chi connectivity index (χ0v) is 29.2. The molecule has 0 aliphatic carbocycles. The maximum Gasteiger partial charge on any atom is 0.264 e. The Bertz CT molecular complexity index is 1790. The van der Waals surface area contributed by atoms with Gasteiger partial charge in [-0.1, -0.05) is 66.5 Å². The van der Waals surface area contributed by atoms with Crippen LogP contribution in [0.3, 0.4) is 0 Å². The Morgan fingerprint density at radius 3 is 2.15 bits per heavy atom. The van der Waals surface area contributed by atoms with Crippen LogP contribution in [0.4, 0.5) is 10.1 Å². The van der Waals surface area contributed by atoms with E-state index in [4.69, 9.17) is 27.9 Å². The van der Waals surface area contributed by atoms with Crippen molar-refractivity contribution in [3.8, 4) is 5.75 Å². The molecule has 0 saturated heterocycles. The lowest BCUT2D eigenvalue weighted by atomic mass is 10.0. The van der Waals surface area contributed by atoms with Crippen LogP contribution in [0.5, 0.6) is 5.75 Å². The third kappa shape index (κ3) is 9.49. The molecule has 8 nitrogen and oxygen atoms in total. The molecule has 48 heavy (non-hydrogen) atoms. The number of benzene rings is 4. The van der Waals surface area contributed by atoms with E-state index in [2.05, 4.69) is 5.32 Å². The molecule has 0 heterocycles. The van der Waals surface area contributed by atoms with Gasteiger partial charge in [0.25, 0.3) is 10.0 Å². The fraction of sp³-hybridized carbons (Fsp3) is 0.278. The van der Waals surface area contributed by atoms with Gasteiger partial charge in [0.15, 0.2) is 0 Å². The van der Waals surface area contributed by atoms with Crippen LogP contribution in [-0.4, -0.2) is 50.4 Å². The molecule has 2 atom stereocenters. The molecule has 0 spiro atoms. The Morgan fingerprint density at radius 1 is 0.875 bits per heavy atom. The number of hydrogen-bond acceptors (Lipinski definition) is 5. The van der Waals surface area contributed by atoms with Gasteiger partial charge in [0.2, 0.25) is 11.8 Å². The van der Waals surface area contributed by atoms with Gasteiger partial charge in [0.1, 0.15) is 24.2 Å². The van der Waals surface area contributed by atoms with Crippen molar-refractivity contribution in [2.45, 2.75) is 57.1 Å². The van der Waals surface area contributed by atoms with E-state index >= 15 is 0 Å². The van der Waals surface area contributed by atoms with E-state index in [-0.39, 0.29) is 34.6 Å². The third-order valence-electron chi connectivity index (χ3n) is 7.73. The second-order valence-electron chi connectivity index (χ2n) is 11.2. The van der Waals surface area contributed by atoms with E-state index in [0.717, 1.165) is 22.0 Å². The topological polar surface area (TPSA) is 96.0 Å². The number of anilines is 1. The number of nitrogens with one attached hydrogen (secondary N) is 1. The normalized spacial score (nSPS) is 12.5. The van der Waals surface area contributed by atoms with Gasteiger partial charge in [0.05, 0.1) is 27.2 Å². The van der Waals surface area contributed by atoms with Gasteiger partial charge in [-0.15, -0.1) is 0 Å². The molecule has 0 aliphatic rings. The van der Waals surface area contributed by atoms with Crippen molar-refractivity contribution >= 4 is 50.7 Å². The summed E-state index contributed by atoms with van der Waals surface area (Å²) in [5.41, 5.74) is 1.44. The number of hydrogen-bond donors (Lipinski definition) is 1. The first kappa shape index (κ1) is 36.7. The minimum absolute atomic E-state index is 0.0665. The molecule has 0 saturated carbocycles. The summed E-state index contributed by atoms with van der Waals surface area (Å²) in [6.07, 6.45) is 0.807. The number of carbonyl (C=O) groups is 2. The largest absolute Gasteiger partial charge is 0.494 e. The van der Waals surface area contributed by atoms with E-state index in [0.29, 0.717) is 29.4 Å². The van der Waals surface area contributed by atoms with Gasteiger partial charge in [-0.05, 0) is 92.1 Å². The molecule has 0 bridgehead atoms. The summed E-state index contributed by atoms with van der Waals surface area (Å²) >= 11 is 12.5. The van der Waals surface area contributed by atoms with Crippen LogP contribution in [-0.2, 0) is 32.6 Å². The molecule has 0 aromatic heterocycles. The van der Waals surface area contributed by atoms with Crippen LogP contribution in [0.25, 0.3) is 0 Å². The van der Waals surface area contributed by atoms with Gasteiger partial charge in [-0.2, -0.15) is 0 Å². The summed E-state index contributed by atoms with van der Waals surface area (Å²) in [5, 5.41) is 3.57. The molecule has 4 rings (SSSR count). The highest BCUT2D eigenvalue weighted by Crippen LogP contribution is 2.28. The maximum absolute atomic E-state index is 14.5. The lowest BCUT2D eigenvalue weighted by Crippen LogP contribution is -2.54. The third-order valence-corrected chi connectivity index (χ3v) is 10.3. The van der Waals surface area contributed by atoms with Crippen LogP contribution in [0.15, 0.2) is 102 Å². The molecule has 254 valence electrons. The second-order valence-corrected chi connectivity index (χ2v) is 13.9. The molecule has 0 fully saturated rings. The van der Waals surface area contributed by atoms with Crippen molar-refractivity contribution in [3.05, 3.63) is 124 Å². The van der Waals surface area contributed by atoms with E-state index in [1.165, 1.54) is 41.3 Å². The van der Waals surface area contributed by atoms with Crippen LogP contribution in [0.1, 0.15) is 38.3 Å². The van der Waals surface area contributed by atoms with E-state index in [1.54, 1.807) is 18.2 Å². The van der Waals surface area contributed by atoms with E-state index in [1.807, 2.05) is 51.1 Å². The monoisotopic (exact) mass is 713 g/mol. The number of rotatable bonds is 15. The van der Waals surface area contributed by atoms with Crippen molar-refractivity contribution in [1.29, 1.82) is 0 Å². The highest BCUT2D eigenvalue weighted by atomic mass is 35.5. The zero-order valence-electron chi connectivity index (χ0n) is 26.9. The van der Waals surface area contributed by atoms with Crippen LogP contribution < -0.4 is 14.4 Å².